The highest BCUT2D eigenvalue weighted by Crippen LogP contribution is 2.21. The van der Waals surface area contributed by atoms with Gasteiger partial charge in [0.2, 0.25) is 5.91 Å². The van der Waals surface area contributed by atoms with Gasteiger partial charge in [-0.15, -0.1) is 0 Å². The van der Waals surface area contributed by atoms with Crippen LogP contribution in [0, 0.1) is 0 Å². The second-order valence-electron chi connectivity index (χ2n) is 5.59. The van der Waals surface area contributed by atoms with Gasteiger partial charge in [0.1, 0.15) is 0 Å². The Labute approximate surface area is 129 Å². The van der Waals surface area contributed by atoms with Crippen LogP contribution in [0.2, 0.25) is 0 Å². The molecule has 0 aromatic heterocycles. The minimum Gasteiger partial charge on any atom is -0.356 e. The van der Waals surface area contributed by atoms with Crippen LogP contribution >= 0.6 is 15.9 Å². The minimum atomic E-state index is 0.151. The van der Waals surface area contributed by atoms with Crippen molar-refractivity contribution >= 4 is 21.8 Å². The maximum absolute atomic E-state index is 11.9. The van der Waals surface area contributed by atoms with Gasteiger partial charge in [0.15, 0.2) is 0 Å². The van der Waals surface area contributed by atoms with Gasteiger partial charge in [-0.2, -0.15) is 0 Å². The Kier molecular flexibility index (Phi) is 6.05. The molecule has 110 valence electrons. The van der Waals surface area contributed by atoms with Gasteiger partial charge >= 0.3 is 0 Å². The van der Waals surface area contributed by atoms with Crippen molar-refractivity contribution in [3.63, 3.8) is 0 Å². The molecule has 1 aromatic rings. The summed E-state index contributed by atoms with van der Waals surface area (Å²) in [6.45, 7) is 4.00. The van der Waals surface area contributed by atoms with Crippen molar-refractivity contribution in [3.05, 3.63) is 34.3 Å². The Morgan fingerprint density at radius 1 is 1.45 bits per heavy atom. The summed E-state index contributed by atoms with van der Waals surface area (Å²) in [7, 11) is 0. The second kappa shape index (κ2) is 7.79. The highest BCUT2D eigenvalue weighted by atomic mass is 79.9. The van der Waals surface area contributed by atoms with Crippen LogP contribution in [-0.2, 0) is 4.79 Å². The maximum atomic E-state index is 11.9. The number of hydrogen-bond donors (Lipinski definition) is 2. The summed E-state index contributed by atoms with van der Waals surface area (Å²) >= 11 is 3.43. The summed E-state index contributed by atoms with van der Waals surface area (Å²) in [5.41, 5.74) is 1.21. The normalized spacial score (nSPS) is 19.8. The van der Waals surface area contributed by atoms with Crippen molar-refractivity contribution < 1.29 is 4.79 Å². The molecule has 2 N–H and O–H groups in total. The average Bonchev–Trinajstić information content (AvgIpc) is 2.92. The molecule has 0 saturated carbocycles. The summed E-state index contributed by atoms with van der Waals surface area (Å²) in [6.07, 6.45) is 4.10. The Bertz CT molecular complexity index is 427. The lowest BCUT2D eigenvalue weighted by atomic mass is 9.97. The smallest absolute Gasteiger partial charge is 0.220 e. The Morgan fingerprint density at radius 2 is 2.20 bits per heavy atom. The van der Waals surface area contributed by atoms with E-state index in [1.165, 1.54) is 18.4 Å². The standard InChI is InChI=1S/C16H23BrN2O/c1-12(13-4-6-14(17)7-5-13)11-16(20)19-10-8-15-3-2-9-18-15/h4-7,12,15,18H,2-3,8-11H2,1H3,(H,19,20)/t12?,15-/m1/s1. The van der Waals surface area contributed by atoms with Crippen molar-refractivity contribution in [1.82, 2.24) is 10.6 Å². The Morgan fingerprint density at radius 3 is 2.85 bits per heavy atom. The van der Waals surface area contributed by atoms with Crippen LogP contribution in [0.3, 0.4) is 0 Å². The molecule has 2 rings (SSSR count). The monoisotopic (exact) mass is 338 g/mol. The lowest BCUT2D eigenvalue weighted by Crippen LogP contribution is -2.31. The molecule has 0 bridgehead atoms. The first kappa shape index (κ1) is 15.5. The summed E-state index contributed by atoms with van der Waals surface area (Å²) in [6, 6.07) is 8.79. The van der Waals surface area contributed by atoms with Crippen LogP contribution in [0.25, 0.3) is 0 Å². The quantitative estimate of drug-likeness (QED) is 0.836. The van der Waals surface area contributed by atoms with E-state index >= 15 is 0 Å². The fraction of sp³-hybridized carbons (Fsp3) is 0.562. The van der Waals surface area contributed by atoms with Crippen molar-refractivity contribution in [3.8, 4) is 0 Å². The highest BCUT2D eigenvalue weighted by Gasteiger charge is 2.15. The molecule has 2 atom stereocenters. The first-order valence-electron chi connectivity index (χ1n) is 7.40. The molecule has 1 fully saturated rings. The molecule has 0 aliphatic carbocycles. The zero-order valence-corrected chi connectivity index (χ0v) is 13.6. The number of carbonyl (C=O) groups excluding carboxylic acids is 1. The molecule has 1 amide bonds. The molecule has 1 heterocycles. The van der Waals surface area contributed by atoms with E-state index in [2.05, 4.69) is 45.6 Å². The van der Waals surface area contributed by atoms with E-state index < -0.39 is 0 Å². The van der Waals surface area contributed by atoms with Gasteiger partial charge in [-0.25, -0.2) is 0 Å². The van der Waals surface area contributed by atoms with E-state index in [4.69, 9.17) is 0 Å². The topological polar surface area (TPSA) is 41.1 Å². The molecule has 1 aliphatic rings. The van der Waals surface area contributed by atoms with E-state index in [-0.39, 0.29) is 11.8 Å². The lowest BCUT2D eigenvalue weighted by Gasteiger charge is -2.14. The van der Waals surface area contributed by atoms with Crippen molar-refractivity contribution in [2.45, 2.75) is 44.6 Å². The predicted molar refractivity (Wildman–Crippen MR) is 85.8 cm³/mol. The summed E-state index contributed by atoms with van der Waals surface area (Å²) in [4.78, 5) is 11.9. The third-order valence-corrected chi connectivity index (χ3v) is 4.44. The third kappa shape index (κ3) is 4.91. The molecule has 20 heavy (non-hydrogen) atoms. The van der Waals surface area contributed by atoms with Crippen LogP contribution in [0.15, 0.2) is 28.7 Å². The molecule has 3 nitrogen and oxygen atoms in total. The fourth-order valence-electron chi connectivity index (χ4n) is 2.65. The summed E-state index contributed by atoms with van der Waals surface area (Å²) in [5, 5.41) is 6.48. The van der Waals surface area contributed by atoms with E-state index in [1.807, 2.05) is 12.1 Å². The first-order chi connectivity index (χ1) is 9.65. The van der Waals surface area contributed by atoms with E-state index in [9.17, 15) is 4.79 Å². The van der Waals surface area contributed by atoms with Crippen molar-refractivity contribution in [2.75, 3.05) is 13.1 Å². The number of benzene rings is 1. The molecule has 1 unspecified atom stereocenters. The number of halogens is 1. The van der Waals surface area contributed by atoms with Gasteiger partial charge in [-0.3, -0.25) is 4.79 Å². The number of hydrogen-bond acceptors (Lipinski definition) is 2. The largest absolute Gasteiger partial charge is 0.356 e. The second-order valence-corrected chi connectivity index (χ2v) is 6.50. The van der Waals surface area contributed by atoms with Crippen LogP contribution in [-0.4, -0.2) is 25.0 Å². The maximum Gasteiger partial charge on any atom is 0.220 e. The van der Waals surface area contributed by atoms with Gasteiger partial charge in [0.25, 0.3) is 0 Å². The number of nitrogens with one attached hydrogen (secondary N) is 2. The SMILES string of the molecule is CC(CC(=O)NCC[C@H]1CCCN1)c1ccc(Br)cc1. The molecular weight excluding hydrogens is 316 g/mol. The van der Waals surface area contributed by atoms with Crippen LogP contribution < -0.4 is 10.6 Å². The Balaban J connectivity index is 1.69. The van der Waals surface area contributed by atoms with Crippen LogP contribution in [0.1, 0.15) is 44.1 Å². The Hall–Kier alpha value is -0.870. The number of carbonyl (C=O) groups is 1. The van der Waals surface area contributed by atoms with Crippen molar-refractivity contribution in [1.29, 1.82) is 0 Å². The van der Waals surface area contributed by atoms with E-state index in [0.29, 0.717) is 12.5 Å². The van der Waals surface area contributed by atoms with Crippen molar-refractivity contribution in [2.24, 2.45) is 0 Å². The minimum absolute atomic E-state index is 0.151. The van der Waals surface area contributed by atoms with Gasteiger partial charge < -0.3 is 10.6 Å². The summed E-state index contributed by atoms with van der Waals surface area (Å²) in [5.74, 6) is 0.408. The number of amides is 1. The average molecular weight is 339 g/mol. The molecular formula is C16H23BrN2O. The lowest BCUT2D eigenvalue weighted by molar-refractivity contribution is -0.121. The van der Waals surface area contributed by atoms with Gasteiger partial charge in [0, 0.05) is 23.5 Å². The van der Waals surface area contributed by atoms with Crippen LogP contribution in [0.4, 0.5) is 0 Å². The zero-order chi connectivity index (χ0) is 14.4. The van der Waals surface area contributed by atoms with Gasteiger partial charge in [-0.1, -0.05) is 35.0 Å². The van der Waals surface area contributed by atoms with E-state index in [1.54, 1.807) is 0 Å². The van der Waals surface area contributed by atoms with Gasteiger partial charge in [-0.05, 0) is 49.4 Å². The van der Waals surface area contributed by atoms with E-state index in [0.717, 1.165) is 24.0 Å². The summed E-state index contributed by atoms with van der Waals surface area (Å²) < 4.78 is 1.07. The fourth-order valence-corrected chi connectivity index (χ4v) is 2.91. The molecule has 1 aromatic carbocycles. The first-order valence-corrected chi connectivity index (χ1v) is 8.20. The molecule has 1 aliphatic heterocycles. The molecule has 0 spiro atoms. The highest BCUT2D eigenvalue weighted by molar-refractivity contribution is 9.10. The van der Waals surface area contributed by atoms with Crippen LogP contribution in [0.5, 0.6) is 0 Å². The molecule has 4 heteroatoms. The third-order valence-electron chi connectivity index (χ3n) is 3.91. The zero-order valence-electron chi connectivity index (χ0n) is 12.0. The number of rotatable bonds is 6. The molecule has 0 radical (unpaired) electrons. The predicted octanol–water partition coefficient (Wildman–Crippen LogP) is 3.20. The van der Waals surface area contributed by atoms with Gasteiger partial charge in [0.05, 0.1) is 0 Å². The molecule has 1 saturated heterocycles.